The lowest BCUT2D eigenvalue weighted by Gasteiger charge is -2.17. The number of benzene rings is 1. The van der Waals surface area contributed by atoms with Crippen molar-refractivity contribution in [2.45, 2.75) is 26.3 Å². The predicted octanol–water partition coefficient (Wildman–Crippen LogP) is 3.36. The zero-order valence-corrected chi connectivity index (χ0v) is 18.2. The maximum absolute atomic E-state index is 5.55. The third-order valence-electron chi connectivity index (χ3n) is 3.91. The second kappa shape index (κ2) is 12.7. The molecular weight excluding hydrogens is 441 g/mol. The van der Waals surface area contributed by atoms with Gasteiger partial charge < -0.3 is 20.0 Å². The summed E-state index contributed by atoms with van der Waals surface area (Å²) in [4.78, 5) is 11.1. The molecule has 2 aromatic rings. The van der Waals surface area contributed by atoms with Crippen LogP contribution in [0, 0.1) is 0 Å². The summed E-state index contributed by atoms with van der Waals surface area (Å²) in [6, 6.07) is 9.89. The van der Waals surface area contributed by atoms with Crippen LogP contribution in [0.2, 0.25) is 0 Å². The topological polar surface area (TPSA) is 65.7 Å². The van der Waals surface area contributed by atoms with Crippen LogP contribution in [0.1, 0.15) is 25.5 Å². The average molecular weight is 471 g/mol. The number of aliphatic imine (C=N–C) groups is 1. The molecule has 0 aliphatic rings. The number of nitrogens with zero attached hydrogens (tertiary/aromatic N) is 3. The van der Waals surface area contributed by atoms with Crippen LogP contribution in [0.4, 0.5) is 0 Å². The molecule has 0 aliphatic heterocycles. The molecule has 2 N–H and O–H groups in total. The number of guanidine groups is 1. The lowest BCUT2D eigenvalue weighted by Crippen LogP contribution is -2.40. The Morgan fingerprint density at radius 3 is 2.65 bits per heavy atom. The number of hydrogen-bond acceptors (Lipinski definition) is 4. The molecule has 0 bridgehead atoms. The van der Waals surface area contributed by atoms with Gasteiger partial charge in [-0.2, -0.15) is 0 Å². The molecule has 6 nitrogen and oxygen atoms in total. The number of likely N-dealkylation sites (N-methyl/N-ethyl adjacent to an activating group) is 1. The first-order chi connectivity index (χ1) is 12.2. The van der Waals surface area contributed by atoms with Crippen LogP contribution in [0.25, 0.3) is 11.5 Å². The molecule has 7 heteroatoms. The van der Waals surface area contributed by atoms with Crippen molar-refractivity contribution in [2.24, 2.45) is 4.99 Å². The van der Waals surface area contributed by atoms with E-state index in [-0.39, 0.29) is 24.0 Å². The van der Waals surface area contributed by atoms with Crippen LogP contribution < -0.4 is 10.6 Å². The normalized spacial score (nSPS) is 11.3. The first-order valence-corrected chi connectivity index (χ1v) is 8.85. The van der Waals surface area contributed by atoms with Crippen molar-refractivity contribution in [1.82, 2.24) is 20.5 Å². The van der Waals surface area contributed by atoms with Crippen LogP contribution in [0.5, 0.6) is 0 Å². The van der Waals surface area contributed by atoms with Gasteiger partial charge in [0, 0.05) is 25.7 Å². The molecule has 1 aromatic heterocycles. The van der Waals surface area contributed by atoms with Crippen molar-refractivity contribution < 1.29 is 4.42 Å². The smallest absolute Gasteiger partial charge is 0.226 e. The Labute approximate surface area is 173 Å². The fourth-order valence-corrected chi connectivity index (χ4v) is 2.40. The number of hydrogen-bond donors (Lipinski definition) is 2. The summed E-state index contributed by atoms with van der Waals surface area (Å²) in [5, 5.41) is 6.59. The Balaban J connectivity index is 0.00000338. The number of halogens is 1. The van der Waals surface area contributed by atoms with E-state index < -0.39 is 0 Å². The van der Waals surface area contributed by atoms with E-state index in [9.17, 15) is 0 Å². The number of oxazole rings is 1. The molecule has 144 valence electrons. The van der Waals surface area contributed by atoms with Crippen LogP contribution in [0.15, 0.2) is 46.0 Å². The third kappa shape index (κ3) is 7.74. The van der Waals surface area contributed by atoms with Crippen LogP contribution >= 0.6 is 24.0 Å². The van der Waals surface area contributed by atoms with Gasteiger partial charge in [0.1, 0.15) is 6.26 Å². The van der Waals surface area contributed by atoms with Gasteiger partial charge in [-0.15, -0.1) is 24.0 Å². The van der Waals surface area contributed by atoms with Gasteiger partial charge in [0.2, 0.25) is 5.89 Å². The van der Waals surface area contributed by atoms with E-state index in [1.165, 1.54) is 12.8 Å². The van der Waals surface area contributed by atoms with E-state index in [0.717, 1.165) is 36.9 Å². The predicted molar refractivity (Wildman–Crippen MR) is 118 cm³/mol. The number of nitrogens with one attached hydrogen (secondary N) is 2. The summed E-state index contributed by atoms with van der Waals surface area (Å²) >= 11 is 0. The van der Waals surface area contributed by atoms with Crippen LogP contribution in [0.3, 0.4) is 0 Å². The monoisotopic (exact) mass is 471 g/mol. The Kier molecular flexibility index (Phi) is 11.0. The molecule has 1 aromatic carbocycles. The molecule has 0 aliphatic carbocycles. The quantitative estimate of drug-likeness (QED) is 0.334. The van der Waals surface area contributed by atoms with Gasteiger partial charge in [-0.05, 0) is 32.1 Å². The lowest BCUT2D eigenvalue weighted by atomic mass is 10.2. The molecule has 0 saturated carbocycles. The molecule has 26 heavy (non-hydrogen) atoms. The molecular formula is C19H30IN5O. The third-order valence-corrected chi connectivity index (χ3v) is 3.91. The summed E-state index contributed by atoms with van der Waals surface area (Å²) < 4.78 is 5.55. The van der Waals surface area contributed by atoms with E-state index in [1.54, 1.807) is 13.3 Å². The minimum atomic E-state index is 0. The minimum absolute atomic E-state index is 0. The SMILES string of the molecule is CCCCN(C)CCNC(=NC)NCc1coc(-c2ccccc2)n1.I. The Morgan fingerprint density at radius 2 is 1.96 bits per heavy atom. The molecule has 0 fully saturated rings. The minimum Gasteiger partial charge on any atom is -0.444 e. The maximum atomic E-state index is 5.55. The van der Waals surface area contributed by atoms with E-state index in [1.807, 2.05) is 30.3 Å². The van der Waals surface area contributed by atoms with Crippen molar-refractivity contribution in [3.8, 4) is 11.5 Å². The summed E-state index contributed by atoms with van der Waals surface area (Å²) in [5.41, 5.74) is 1.83. The largest absolute Gasteiger partial charge is 0.444 e. The Bertz CT molecular complexity index is 644. The second-order valence-corrected chi connectivity index (χ2v) is 6.02. The fourth-order valence-electron chi connectivity index (χ4n) is 2.40. The van der Waals surface area contributed by atoms with Gasteiger partial charge in [-0.3, -0.25) is 4.99 Å². The summed E-state index contributed by atoms with van der Waals surface area (Å²) in [6.07, 6.45) is 4.14. The summed E-state index contributed by atoms with van der Waals surface area (Å²) in [6.45, 7) is 5.76. The zero-order valence-electron chi connectivity index (χ0n) is 15.9. The standard InChI is InChI=1S/C19H29N5O.HI/c1-4-5-12-24(3)13-11-21-19(20-2)22-14-17-15-25-18(23-17)16-9-7-6-8-10-16;/h6-10,15H,4-5,11-14H2,1-3H3,(H2,20,21,22);1H. The van der Waals surface area contributed by atoms with Gasteiger partial charge in [-0.1, -0.05) is 31.5 Å². The van der Waals surface area contributed by atoms with E-state index in [4.69, 9.17) is 4.42 Å². The van der Waals surface area contributed by atoms with E-state index >= 15 is 0 Å². The average Bonchev–Trinajstić information content (AvgIpc) is 3.12. The highest BCUT2D eigenvalue weighted by atomic mass is 127. The van der Waals surface area contributed by atoms with Crippen molar-refractivity contribution in [2.75, 3.05) is 33.7 Å². The van der Waals surface area contributed by atoms with Gasteiger partial charge in [-0.25, -0.2) is 4.98 Å². The molecule has 1 heterocycles. The summed E-state index contributed by atoms with van der Waals surface area (Å²) in [5.74, 6) is 1.41. The van der Waals surface area contributed by atoms with Crippen LogP contribution in [-0.4, -0.2) is 49.6 Å². The highest BCUT2D eigenvalue weighted by molar-refractivity contribution is 14.0. The number of rotatable bonds is 9. The van der Waals surface area contributed by atoms with Crippen LogP contribution in [-0.2, 0) is 6.54 Å². The van der Waals surface area contributed by atoms with E-state index in [2.05, 4.69) is 39.5 Å². The second-order valence-electron chi connectivity index (χ2n) is 6.02. The molecule has 0 unspecified atom stereocenters. The van der Waals surface area contributed by atoms with Gasteiger partial charge >= 0.3 is 0 Å². The number of aromatic nitrogens is 1. The first-order valence-electron chi connectivity index (χ1n) is 8.85. The molecule has 0 spiro atoms. The highest BCUT2D eigenvalue weighted by Gasteiger charge is 2.07. The Morgan fingerprint density at radius 1 is 1.19 bits per heavy atom. The van der Waals surface area contributed by atoms with E-state index in [0.29, 0.717) is 12.4 Å². The Hall–Kier alpha value is -1.61. The molecule has 0 saturated heterocycles. The van der Waals surface area contributed by atoms with Gasteiger partial charge in [0.05, 0.1) is 12.2 Å². The molecule has 0 radical (unpaired) electrons. The van der Waals surface area contributed by atoms with Crippen molar-refractivity contribution >= 4 is 29.9 Å². The summed E-state index contributed by atoms with van der Waals surface area (Å²) in [7, 11) is 3.92. The first kappa shape index (κ1) is 22.4. The fraction of sp³-hybridized carbons (Fsp3) is 0.474. The maximum Gasteiger partial charge on any atom is 0.226 e. The van der Waals surface area contributed by atoms with Crippen molar-refractivity contribution in [1.29, 1.82) is 0 Å². The molecule has 2 rings (SSSR count). The van der Waals surface area contributed by atoms with Crippen molar-refractivity contribution in [3.63, 3.8) is 0 Å². The highest BCUT2D eigenvalue weighted by Crippen LogP contribution is 2.17. The zero-order chi connectivity index (χ0) is 17.9. The van der Waals surface area contributed by atoms with Gasteiger partial charge in [0.25, 0.3) is 0 Å². The van der Waals surface area contributed by atoms with Gasteiger partial charge in [0.15, 0.2) is 5.96 Å². The molecule has 0 amide bonds. The number of unbranched alkanes of at least 4 members (excludes halogenated alkanes) is 1. The molecule has 0 atom stereocenters. The van der Waals surface area contributed by atoms with Crippen molar-refractivity contribution in [3.05, 3.63) is 42.3 Å². The lowest BCUT2D eigenvalue weighted by molar-refractivity contribution is 0.332.